The van der Waals surface area contributed by atoms with Gasteiger partial charge in [0.25, 0.3) is 11.8 Å². The molecule has 2 rings (SSSR count). The van der Waals surface area contributed by atoms with Gasteiger partial charge in [-0.15, -0.1) is 0 Å². The van der Waals surface area contributed by atoms with Crippen molar-refractivity contribution in [1.82, 2.24) is 10.2 Å². The van der Waals surface area contributed by atoms with Crippen LogP contribution in [-0.2, 0) is 4.79 Å². The first-order chi connectivity index (χ1) is 13.3. The van der Waals surface area contributed by atoms with Crippen molar-refractivity contribution < 1.29 is 14.4 Å². The Kier molecular flexibility index (Phi) is 7.32. The van der Waals surface area contributed by atoms with E-state index < -0.39 is 6.04 Å². The quantitative estimate of drug-likeness (QED) is 0.773. The van der Waals surface area contributed by atoms with E-state index in [1.165, 1.54) is 0 Å². The summed E-state index contributed by atoms with van der Waals surface area (Å²) < 4.78 is 0. The van der Waals surface area contributed by atoms with Gasteiger partial charge < -0.3 is 15.5 Å². The summed E-state index contributed by atoms with van der Waals surface area (Å²) in [5, 5.41) is 5.45. The van der Waals surface area contributed by atoms with Gasteiger partial charge in [-0.2, -0.15) is 0 Å². The molecule has 0 saturated carbocycles. The fourth-order valence-electron chi connectivity index (χ4n) is 2.81. The van der Waals surface area contributed by atoms with Crippen LogP contribution in [0.4, 0.5) is 5.69 Å². The molecule has 0 aromatic heterocycles. The number of hydrogen-bond acceptors (Lipinski definition) is 3. The third-order valence-electron chi connectivity index (χ3n) is 4.45. The van der Waals surface area contributed by atoms with E-state index in [4.69, 9.17) is 0 Å². The van der Waals surface area contributed by atoms with E-state index in [2.05, 4.69) is 10.6 Å². The second kappa shape index (κ2) is 9.69. The number of carbonyl (C=O) groups excluding carboxylic acids is 3. The molecule has 0 heterocycles. The normalized spacial score (nSPS) is 11.4. The average molecular weight is 381 g/mol. The highest BCUT2D eigenvalue weighted by atomic mass is 16.2. The van der Waals surface area contributed by atoms with Crippen LogP contribution in [0.15, 0.2) is 48.5 Å². The van der Waals surface area contributed by atoms with Crippen LogP contribution >= 0.6 is 0 Å². The molecule has 2 aromatic carbocycles. The van der Waals surface area contributed by atoms with Crippen LogP contribution in [0, 0.1) is 6.92 Å². The molecule has 6 nitrogen and oxygen atoms in total. The summed E-state index contributed by atoms with van der Waals surface area (Å²) in [4.78, 5) is 38.9. The van der Waals surface area contributed by atoms with Gasteiger partial charge in [0.1, 0.15) is 6.04 Å². The molecule has 2 aromatic rings. The number of rotatable bonds is 7. The maximum atomic E-state index is 12.5. The van der Waals surface area contributed by atoms with Crippen molar-refractivity contribution in [3.8, 4) is 0 Å². The Morgan fingerprint density at radius 2 is 1.61 bits per heavy atom. The smallest absolute Gasteiger partial charge is 0.253 e. The monoisotopic (exact) mass is 381 g/mol. The van der Waals surface area contributed by atoms with Crippen molar-refractivity contribution >= 4 is 23.4 Å². The Bertz CT molecular complexity index is 860. The maximum Gasteiger partial charge on any atom is 0.253 e. The van der Waals surface area contributed by atoms with Crippen LogP contribution in [0.2, 0.25) is 0 Å². The third kappa shape index (κ3) is 5.42. The molecule has 3 amide bonds. The predicted molar refractivity (Wildman–Crippen MR) is 110 cm³/mol. The van der Waals surface area contributed by atoms with Gasteiger partial charge in [0.05, 0.1) is 0 Å². The van der Waals surface area contributed by atoms with Gasteiger partial charge in [-0.25, -0.2) is 0 Å². The molecule has 0 saturated heterocycles. The lowest BCUT2D eigenvalue weighted by Gasteiger charge is -2.19. The lowest BCUT2D eigenvalue weighted by atomic mass is 10.1. The second-order valence-electron chi connectivity index (χ2n) is 6.61. The van der Waals surface area contributed by atoms with Gasteiger partial charge in [-0.3, -0.25) is 14.4 Å². The highest BCUT2D eigenvalue weighted by Crippen LogP contribution is 2.13. The second-order valence-corrected chi connectivity index (χ2v) is 6.61. The summed E-state index contributed by atoms with van der Waals surface area (Å²) in [6.45, 7) is 8.60. The van der Waals surface area contributed by atoms with Gasteiger partial charge in [0, 0.05) is 29.9 Å². The van der Waals surface area contributed by atoms with Crippen LogP contribution in [0.3, 0.4) is 0 Å². The number of hydrogen-bond donors (Lipinski definition) is 2. The first-order valence-corrected chi connectivity index (χ1v) is 9.43. The van der Waals surface area contributed by atoms with Gasteiger partial charge in [-0.05, 0) is 58.0 Å². The summed E-state index contributed by atoms with van der Waals surface area (Å²) in [5.41, 5.74) is 2.50. The Morgan fingerprint density at radius 1 is 0.964 bits per heavy atom. The average Bonchev–Trinajstić information content (AvgIpc) is 2.68. The zero-order chi connectivity index (χ0) is 20.7. The van der Waals surface area contributed by atoms with Gasteiger partial charge in [0.15, 0.2) is 0 Å². The standard InChI is InChI=1S/C22H27N3O3/c1-5-25(6-2)22(28)18-11-8-12-19(14-18)24-20(26)16(4)23-21(27)17-10-7-9-15(3)13-17/h7-14,16H,5-6H2,1-4H3,(H,23,27)(H,24,26). The molecule has 0 bridgehead atoms. The topological polar surface area (TPSA) is 78.5 Å². The Morgan fingerprint density at radius 3 is 2.25 bits per heavy atom. The SMILES string of the molecule is CCN(CC)C(=O)c1cccc(NC(=O)C(C)NC(=O)c2cccc(C)c2)c1. The minimum Gasteiger partial charge on any atom is -0.341 e. The number of benzene rings is 2. The summed E-state index contributed by atoms with van der Waals surface area (Å²) in [7, 11) is 0. The van der Waals surface area contributed by atoms with E-state index in [1.54, 1.807) is 54.3 Å². The van der Waals surface area contributed by atoms with Crippen molar-refractivity contribution in [2.24, 2.45) is 0 Å². The lowest BCUT2D eigenvalue weighted by Crippen LogP contribution is -2.41. The molecule has 0 aliphatic heterocycles. The molecule has 148 valence electrons. The minimum atomic E-state index is -0.727. The Labute approximate surface area is 165 Å². The molecule has 0 spiro atoms. The van der Waals surface area contributed by atoms with Crippen molar-refractivity contribution in [2.75, 3.05) is 18.4 Å². The molecule has 28 heavy (non-hydrogen) atoms. The van der Waals surface area contributed by atoms with Crippen molar-refractivity contribution in [2.45, 2.75) is 33.7 Å². The van der Waals surface area contributed by atoms with Crippen molar-refractivity contribution in [1.29, 1.82) is 0 Å². The van der Waals surface area contributed by atoms with E-state index in [1.807, 2.05) is 26.8 Å². The number of aryl methyl sites for hydroxylation is 1. The van der Waals surface area contributed by atoms with Crippen LogP contribution in [0.5, 0.6) is 0 Å². The zero-order valence-electron chi connectivity index (χ0n) is 16.8. The fourth-order valence-corrected chi connectivity index (χ4v) is 2.81. The number of anilines is 1. The van der Waals surface area contributed by atoms with E-state index >= 15 is 0 Å². The number of amides is 3. The fraction of sp³-hybridized carbons (Fsp3) is 0.318. The summed E-state index contributed by atoms with van der Waals surface area (Å²) >= 11 is 0. The van der Waals surface area contributed by atoms with Crippen LogP contribution in [-0.4, -0.2) is 41.8 Å². The number of carbonyl (C=O) groups is 3. The number of nitrogens with one attached hydrogen (secondary N) is 2. The molecule has 0 aliphatic carbocycles. The van der Waals surface area contributed by atoms with Crippen LogP contribution < -0.4 is 10.6 Å². The molecule has 1 unspecified atom stereocenters. The van der Waals surface area contributed by atoms with Gasteiger partial charge in [0.2, 0.25) is 5.91 Å². The van der Waals surface area contributed by atoms with E-state index in [0.717, 1.165) is 5.56 Å². The Balaban J connectivity index is 2.03. The molecule has 6 heteroatoms. The molecule has 0 radical (unpaired) electrons. The van der Waals surface area contributed by atoms with Gasteiger partial charge in [-0.1, -0.05) is 23.8 Å². The maximum absolute atomic E-state index is 12.5. The van der Waals surface area contributed by atoms with E-state index in [9.17, 15) is 14.4 Å². The van der Waals surface area contributed by atoms with Crippen molar-refractivity contribution in [3.63, 3.8) is 0 Å². The zero-order valence-corrected chi connectivity index (χ0v) is 16.8. The predicted octanol–water partition coefficient (Wildman–Crippen LogP) is 3.23. The van der Waals surface area contributed by atoms with Gasteiger partial charge >= 0.3 is 0 Å². The molecule has 2 N–H and O–H groups in total. The van der Waals surface area contributed by atoms with E-state index in [-0.39, 0.29) is 17.7 Å². The summed E-state index contributed by atoms with van der Waals surface area (Å²) in [6, 6.07) is 13.3. The minimum absolute atomic E-state index is 0.0816. The molecule has 1 atom stereocenters. The molecule has 0 fully saturated rings. The highest BCUT2D eigenvalue weighted by Gasteiger charge is 2.18. The first kappa shape index (κ1) is 21.2. The lowest BCUT2D eigenvalue weighted by molar-refractivity contribution is -0.117. The Hall–Kier alpha value is -3.15. The molecular weight excluding hydrogens is 354 g/mol. The molecule has 0 aliphatic rings. The third-order valence-corrected chi connectivity index (χ3v) is 4.45. The summed E-state index contributed by atoms with van der Waals surface area (Å²) in [5.74, 6) is -0.743. The largest absolute Gasteiger partial charge is 0.341 e. The number of nitrogens with zero attached hydrogens (tertiary/aromatic N) is 1. The molecular formula is C22H27N3O3. The summed E-state index contributed by atoms with van der Waals surface area (Å²) in [6.07, 6.45) is 0. The highest BCUT2D eigenvalue weighted by molar-refractivity contribution is 6.02. The van der Waals surface area contributed by atoms with Crippen molar-refractivity contribution in [3.05, 3.63) is 65.2 Å². The van der Waals surface area contributed by atoms with Crippen LogP contribution in [0.25, 0.3) is 0 Å². The first-order valence-electron chi connectivity index (χ1n) is 9.43. The van der Waals surface area contributed by atoms with E-state index in [0.29, 0.717) is 29.9 Å². The van der Waals surface area contributed by atoms with Crippen LogP contribution in [0.1, 0.15) is 47.1 Å².